The number of thiazole rings is 1. The number of rotatable bonds is 7. The SMILES string of the molecule is CC(C)[C@@H](NS(=O)(=O)c1ccc2nc(Sc3ccc(F)cc3)sc2c1)C(=O)NO. The highest BCUT2D eigenvalue weighted by atomic mass is 32.2. The van der Waals surface area contributed by atoms with Crippen LogP contribution in [0.3, 0.4) is 0 Å². The Bertz CT molecular complexity index is 1130. The average Bonchev–Trinajstić information content (AvgIpc) is 3.08. The summed E-state index contributed by atoms with van der Waals surface area (Å²) in [5.41, 5.74) is 2.11. The van der Waals surface area contributed by atoms with Crippen molar-refractivity contribution in [2.45, 2.75) is 34.0 Å². The minimum Gasteiger partial charge on any atom is -0.289 e. The lowest BCUT2D eigenvalue weighted by Crippen LogP contribution is -2.48. The second-order valence-corrected chi connectivity index (χ2v) is 10.5. The van der Waals surface area contributed by atoms with Crippen LogP contribution in [-0.2, 0) is 14.8 Å². The first kappa shape index (κ1) is 21.7. The van der Waals surface area contributed by atoms with Gasteiger partial charge in [-0.3, -0.25) is 10.0 Å². The molecule has 11 heteroatoms. The predicted octanol–water partition coefficient (Wildman–Crippen LogP) is 3.39. The number of carbonyl (C=O) groups is 1. The molecule has 1 aromatic heterocycles. The molecule has 0 saturated carbocycles. The first-order valence-electron chi connectivity index (χ1n) is 8.50. The Labute approximate surface area is 175 Å². The normalized spacial score (nSPS) is 13.0. The van der Waals surface area contributed by atoms with Crippen LogP contribution in [0.1, 0.15) is 13.8 Å². The number of sulfonamides is 1. The third-order valence-electron chi connectivity index (χ3n) is 4.01. The van der Waals surface area contributed by atoms with E-state index in [-0.39, 0.29) is 16.6 Å². The van der Waals surface area contributed by atoms with Crippen LogP contribution >= 0.6 is 23.1 Å². The van der Waals surface area contributed by atoms with Crippen LogP contribution in [0.25, 0.3) is 10.2 Å². The van der Waals surface area contributed by atoms with Crippen molar-refractivity contribution in [1.29, 1.82) is 0 Å². The summed E-state index contributed by atoms with van der Waals surface area (Å²) in [6.07, 6.45) is 0. The molecule has 0 aliphatic carbocycles. The van der Waals surface area contributed by atoms with Crippen molar-refractivity contribution < 1.29 is 22.8 Å². The molecule has 3 N–H and O–H groups in total. The fourth-order valence-electron chi connectivity index (χ4n) is 2.50. The first-order chi connectivity index (χ1) is 13.7. The first-order valence-corrected chi connectivity index (χ1v) is 11.6. The van der Waals surface area contributed by atoms with E-state index in [1.807, 2.05) is 0 Å². The van der Waals surface area contributed by atoms with E-state index >= 15 is 0 Å². The number of carbonyl (C=O) groups excluding carboxylic acids is 1. The quantitative estimate of drug-likeness (QED) is 0.372. The van der Waals surface area contributed by atoms with Crippen LogP contribution in [0.15, 0.2) is 56.6 Å². The van der Waals surface area contributed by atoms with Crippen molar-refractivity contribution in [2.75, 3.05) is 0 Å². The lowest BCUT2D eigenvalue weighted by atomic mass is 10.1. The summed E-state index contributed by atoms with van der Waals surface area (Å²) in [7, 11) is -4.00. The van der Waals surface area contributed by atoms with Gasteiger partial charge < -0.3 is 0 Å². The zero-order valence-electron chi connectivity index (χ0n) is 15.4. The number of hydrogen-bond acceptors (Lipinski definition) is 7. The molecule has 0 bridgehead atoms. The minimum absolute atomic E-state index is 0.0108. The van der Waals surface area contributed by atoms with Gasteiger partial charge in [0.15, 0.2) is 4.34 Å². The molecule has 0 fully saturated rings. The van der Waals surface area contributed by atoms with E-state index in [0.29, 0.717) is 14.6 Å². The van der Waals surface area contributed by atoms with E-state index in [1.165, 1.54) is 52.8 Å². The molecular formula is C18H18FN3O4S3. The summed E-state index contributed by atoms with van der Waals surface area (Å²) in [5, 5.41) is 8.84. The third kappa shape index (κ3) is 5.11. The topological polar surface area (TPSA) is 108 Å². The fraction of sp³-hybridized carbons (Fsp3) is 0.222. The molecule has 0 aliphatic heterocycles. The van der Waals surface area contributed by atoms with E-state index in [2.05, 4.69) is 9.71 Å². The predicted molar refractivity (Wildman–Crippen MR) is 109 cm³/mol. The van der Waals surface area contributed by atoms with E-state index in [9.17, 15) is 17.6 Å². The molecule has 0 aliphatic rings. The highest BCUT2D eigenvalue weighted by Gasteiger charge is 2.28. The second kappa shape index (κ2) is 8.76. The molecule has 29 heavy (non-hydrogen) atoms. The van der Waals surface area contributed by atoms with Gasteiger partial charge in [0.25, 0.3) is 5.91 Å². The third-order valence-corrected chi connectivity index (χ3v) is 7.54. The van der Waals surface area contributed by atoms with Crippen molar-refractivity contribution >= 4 is 49.2 Å². The number of nitrogens with zero attached hydrogens (tertiary/aromatic N) is 1. The molecule has 0 radical (unpaired) electrons. The van der Waals surface area contributed by atoms with Crippen LogP contribution in [0, 0.1) is 11.7 Å². The van der Waals surface area contributed by atoms with E-state index in [4.69, 9.17) is 5.21 Å². The molecule has 0 spiro atoms. The molecule has 154 valence electrons. The monoisotopic (exact) mass is 455 g/mol. The highest BCUT2D eigenvalue weighted by Crippen LogP contribution is 2.35. The lowest BCUT2D eigenvalue weighted by molar-refractivity contribution is -0.131. The number of hydrogen-bond donors (Lipinski definition) is 3. The number of hydroxylamine groups is 1. The molecule has 1 amide bonds. The second-order valence-electron chi connectivity index (χ2n) is 6.48. The van der Waals surface area contributed by atoms with Gasteiger partial charge in [-0.25, -0.2) is 23.3 Å². The molecule has 1 atom stereocenters. The maximum atomic E-state index is 13.0. The number of aromatic nitrogens is 1. The molecule has 0 saturated heterocycles. The lowest BCUT2D eigenvalue weighted by Gasteiger charge is -2.20. The number of halogens is 1. The van der Waals surface area contributed by atoms with Gasteiger partial charge in [-0.2, -0.15) is 4.72 Å². The Kier molecular flexibility index (Phi) is 6.54. The van der Waals surface area contributed by atoms with E-state index < -0.39 is 22.0 Å². The summed E-state index contributed by atoms with van der Waals surface area (Å²) in [5.74, 6) is -1.53. The zero-order valence-corrected chi connectivity index (χ0v) is 17.9. The minimum atomic E-state index is -4.00. The van der Waals surface area contributed by atoms with Gasteiger partial charge in [0.1, 0.15) is 11.9 Å². The standard InChI is InChI=1S/C18H18FN3O4S3/c1-10(2)16(17(23)21-24)22-29(25,26)13-7-8-14-15(9-13)28-18(20-14)27-12-5-3-11(19)4-6-12/h3-10,16,22,24H,1-2H3,(H,21,23)/t16-/m1/s1. The number of benzene rings is 2. The summed E-state index contributed by atoms with van der Waals surface area (Å²) in [6, 6.07) is 9.37. The van der Waals surface area contributed by atoms with Crippen molar-refractivity contribution in [2.24, 2.45) is 5.92 Å². The zero-order chi connectivity index (χ0) is 21.2. The van der Waals surface area contributed by atoms with Crippen LogP contribution in [0.2, 0.25) is 0 Å². The summed E-state index contributed by atoms with van der Waals surface area (Å²) >= 11 is 2.66. The van der Waals surface area contributed by atoms with Gasteiger partial charge in [0.05, 0.1) is 15.1 Å². The largest absolute Gasteiger partial charge is 0.289 e. The summed E-state index contributed by atoms with van der Waals surface area (Å²) in [6.45, 7) is 3.32. The van der Waals surface area contributed by atoms with Gasteiger partial charge in [0.2, 0.25) is 10.0 Å². The molecule has 1 heterocycles. The highest BCUT2D eigenvalue weighted by molar-refractivity contribution is 8.01. The molecule has 2 aromatic carbocycles. The maximum absolute atomic E-state index is 13.0. The number of nitrogens with one attached hydrogen (secondary N) is 2. The number of fused-ring (bicyclic) bond motifs is 1. The molecule has 0 unspecified atom stereocenters. The van der Waals surface area contributed by atoms with Crippen LogP contribution < -0.4 is 10.2 Å². The van der Waals surface area contributed by atoms with E-state index in [0.717, 1.165) is 4.90 Å². The smallest absolute Gasteiger partial charge is 0.261 e. The van der Waals surface area contributed by atoms with Crippen molar-refractivity contribution in [3.63, 3.8) is 0 Å². The molecule has 3 rings (SSSR count). The fourth-order valence-corrected chi connectivity index (χ4v) is 6.02. The van der Waals surface area contributed by atoms with Crippen molar-refractivity contribution in [1.82, 2.24) is 15.2 Å². The Morgan fingerprint density at radius 1 is 1.21 bits per heavy atom. The molecular weight excluding hydrogens is 437 g/mol. The Hall–Kier alpha value is -2.05. The molecule has 7 nitrogen and oxygen atoms in total. The van der Waals surface area contributed by atoms with Crippen LogP contribution in [0.4, 0.5) is 4.39 Å². The summed E-state index contributed by atoms with van der Waals surface area (Å²) < 4.78 is 42.1. The van der Waals surface area contributed by atoms with Crippen LogP contribution in [-0.4, -0.2) is 30.6 Å². The van der Waals surface area contributed by atoms with Gasteiger partial charge in [0, 0.05) is 4.90 Å². The van der Waals surface area contributed by atoms with Crippen LogP contribution in [0.5, 0.6) is 0 Å². The Balaban J connectivity index is 1.86. The van der Waals surface area contributed by atoms with E-state index in [1.54, 1.807) is 32.0 Å². The maximum Gasteiger partial charge on any atom is 0.261 e. The van der Waals surface area contributed by atoms with Gasteiger partial charge >= 0.3 is 0 Å². The number of amides is 1. The van der Waals surface area contributed by atoms with Crippen molar-refractivity contribution in [3.05, 3.63) is 48.3 Å². The van der Waals surface area contributed by atoms with Crippen molar-refractivity contribution in [3.8, 4) is 0 Å². The Morgan fingerprint density at radius 2 is 1.90 bits per heavy atom. The van der Waals surface area contributed by atoms with Gasteiger partial charge in [-0.1, -0.05) is 25.6 Å². The average molecular weight is 456 g/mol. The van der Waals surface area contributed by atoms with Gasteiger partial charge in [-0.15, -0.1) is 11.3 Å². The molecule has 3 aromatic rings. The summed E-state index contributed by atoms with van der Waals surface area (Å²) in [4.78, 5) is 17.0. The Morgan fingerprint density at radius 3 is 2.52 bits per heavy atom. The van der Waals surface area contributed by atoms with Gasteiger partial charge in [-0.05, 0) is 48.4 Å².